The molecule has 0 radical (unpaired) electrons. The second-order valence-electron chi connectivity index (χ2n) is 5.73. The van der Waals surface area contributed by atoms with Gasteiger partial charge in [0.2, 0.25) is 0 Å². The molecule has 1 aromatic carbocycles. The van der Waals surface area contributed by atoms with Gasteiger partial charge in [-0.1, -0.05) is 6.07 Å². The van der Waals surface area contributed by atoms with Crippen LogP contribution in [0.1, 0.15) is 19.5 Å². The third-order valence-electron chi connectivity index (χ3n) is 3.43. The fourth-order valence-electron chi connectivity index (χ4n) is 2.38. The van der Waals surface area contributed by atoms with Gasteiger partial charge < -0.3 is 16.4 Å². The second-order valence-corrected chi connectivity index (χ2v) is 5.73. The summed E-state index contributed by atoms with van der Waals surface area (Å²) >= 11 is 0. The van der Waals surface area contributed by atoms with Crippen molar-refractivity contribution in [3.05, 3.63) is 42.4 Å². The molecule has 3 rings (SSSR count). The van der Waals surface area contributed by atoms with Gasteiger partial charge in [0.25, 0.3) is 0 Å². The van der Waals surface area contributed by atoms with E-state index in [9.17, 15) is 0 Å². The Labute approximate surface area is 135 Å². The number of nitrogens with two attached hydrogens (primary N) is 1. The van der Waals surface area contributed by atoms with Crippen LogP contribution in [0.2, 0.25) is 0 Å². The van der Waals surface area contributed by atoms with Crippen molar-refractivity contribution in [2.24, 2.45) is 0 Å². The highest BCUT2D eigenvalue weighted by atomic mass is 15.1. The van der Waals surface area contributed by atoms with Crippen LogP contribution in [0, 0.1) is 6.92 Å². The van der Waals surface area contributed by atoms with E-state index in [1.165, 1.54) is 6.33 Å². The van der Waals surface area contributed by atoms with Crippen LogP contribution in [0.3, 0.4) is 0 Å². The van der Waals surface area contributed by atoms with Crippen LogP contribution in [0.4, 0.5) is 23.0 Å². The number of fused-ring (bicyclic) bond motifs is 1. The van der Waals surface area contributed by atoms with Gasteiger partial charge >= 0.3 is 0 Å². The van der Waals surface area contributed by atoms with E-state index in [-0.39, 0.29) is 6.04 Å². The number of pyridine rings is 1. The van der Waals surface area contributed by atoms with Crippen molar-refractivity contribution in [2.45, 2.75) is 26.8 Å². The third-order valence-corrected chi connectivity index (χ3v) is 3.43. The number of nitrogens with zero attached hydrogens (tertiary/aromatic N) is 3. The van der Waals surface area contributed by atoms with Gasteiger partial charge in [-0.3, -0.25) is 4.98 Å². The van der Waals surface area contributed by atoms with Crippen LogP contribution in [-0.2, 0) is 0 Å². The molecule has 0 saturated carbocycles. The Morgan fingerprint density at radius 2 is 1.83 bits per heavy atom. The molecule has 0 amide bonds. The molecule has 2 aromatic heterocycles. The van der Waals surface area contributed by atoms with E-state index in [1.807, 2.05) is 51.1 Å². The topological polar surface area (TPSA) is 88.8 Å². The van der Waals surface area contributed by atoms with E-state index >= 15 is 0 Å². The fraction of sp³-hybridized carbons (Fsp3) is 0.235. The van der Waals surface area contributed by atoms with Crippen LogP contribution < -0.4 is 16.4 Å². The lowest BCUT2D eigenvalue weighted by molar-refractivity contribution is 0.887. The molecule has 0 bridgehead atoms. The van der Waals surface area contributed by atoms with Crippen LogP contribution in [0.15, 0.2) is 36.7 Å². The number of benzene rings is 1. The molecule has 23 heavy (non-hydrogen) atoms. The molecule has 2 heterocycles. The van der Waals surface area contributed by atoms with Crippen LogP contribution in [0.5, 0.6) is 0 Å². The number of hydrogen-bond acceptors (Lipinski definition) is 6. The Hall–Kier alpha value is -2.89. The number of anilines is 4. The lowest BCUT2D eigenvalue weighted by atomic mass is 10.1. The molecule has 6 heteroatoms. The summed E-state index contributed by atoms with van der Waals surface area (Å²) in [7, 11) is 0. The quantitative estimate of drug-likeness (QED) is 0.684. The second kappa shape index (κ2) is 6.08. The van der Waals surface area contributed by atoms with Crippen molar-refractivity contribution < 1.29 is 0 Å². The Bertz CT molecular complexity index is 844. The molecule has 0 aliphatic carbocycles. The highest BCUT2D eigenvalue weighted by Crippen LogP contribution is 2.29. The lowest BCUT2D eigenvalue weighted by Gasteiger charge is -2.15. The van der Waals surface area contributed by atoms with Gasteiger partial charge in [0.05, 0.1) is 5.52 Å². The zero-order valence-electron chi connectivity index (χ0n) is 13.5. The van der Waals surface area contributed by atoms with Gasteiger partial charge in [-0.15, -0.1) is 0 Å². The molecular weight excluding hydrogens is 288 g/mol. The molecule has 0 aliphatic rings. The number of aryl methyl sites for hydroxylation is 1. The summed E-state index contributed by atoms with van der Waals surface area (Å²) in [6.45, 7) is 6.05. The minimum absolute atomic E-state index is 0.241. The number of rotatable bonds is 4. The van der Waals surface area contributed by atoms with Crippen LogP contribution in [0.25, 0.3) is 10.9 Å². The maximum absolute atomic E-state index is 6.18. The fourth-order valence-corrected chi connectivity index (χ4v) is 2.38. The van der Waals surface area contributed by atoms with Crippen molar-refractivity contribution in [3.63, 3.8) is 0 Å². The van der Waals surface area contributed by atoms with E-state index in [4.69, 9.17) is 5.73 Å². The highest BCUT2D eigenvalue weighted by molar-refractivity contribution is 5.94. The van der Waals surface area contributed by atoms with Gasteiger partial charge in [0.1, 0.15) is 12.0 Å². The maximum Gasteiger partial charge on any atom is 0.159 e. The van der Waals surface area contributed by atoms with Crippen molar-refractivity contribution in [2.75, 3.05) is 16.4 Å². The number of aromatic nitrogens is 3. The number of hydrogen-bond donors (Lipinski definition) is 3. The SMILES string of the molecule is Cc1ccc2c(Nc3ncnc(NC(C)C)c3N)cccc2n1. The van der Waals surface area contributed by atoms with Crippen molar-refractivity contribution in [1.82, 2.24) is 15.0 Å². The largest absolute Gasteiger partial charge is 0.393 e. The molecule has 6 nitrogen and oxygen atoms in total. The van der Waals surface area contributed by atoms with Gasteiger partial charge in [-0.05, 0) is 45.0 Å². The molecule has 0 unspecified atom stereocenters. The first-order valence-corrected chi connectivity index (χ1v) is 7.55. The first-order valence-electron chi connectivity index (χ1n) is 7.55. The zero-order chi connectivity index (χ0) is 16.4. The van der Waals surface area contributed by atoms with Crippen molar-refractivity contribution in [1.29, 1.82) is 0 Å². The average Bonchev–Trinajstić information content (AvgIpc) is 2.50. The summed E-state index contributed by atoms with van der Waals surface area (Å²) in [6, 6.07) is 10.2. The Balaban J connectivity index is 2.00. The lowest BCUT2D eigenvalue weighted by Crippen LogP contribution is -2.14. The molecule has 0 spiro atoms. The van der Waals surface area contributed by atoms with Gasteiger partial charge in [0.15, 0.2) is 11.6 Å². The van der Waals surface area contributed by atoms with Crippen molar-refractivity contribution >= 4 is 33.9 Å². The summed E-state index contributed by atoms with van der Waals surface area (Å²) in [5.74, 6) is 1.21. The first kappa shape index (κ1) is 15.0. The minimum atomic E-state index is 0.241. The molecule has 3 aromatic rings. The average molecular weight is 308 g/mol. The summed E-state index contributed by atoms with van der Waals surface area (Å²) in [5.41, 5.74) is 9.51. The monoisotopic (exact) mass is 308 g/mol. The smallest absolute Gasteiger partial charge is 0.159 e. The van der Waals surface area contributed by atoms with E-state index in [0.717, 1.165) is 22.3 Å². The molecule has 0 fully saturated rings. The van der Waals surface area contributed by atoms with E-state index in [1.54, 1.807) is 0 Å². The zero-order valence-corrected chi connectivity index (χ0v) is 13.5. The summed E-state index contributed by atoms with van der Waals surface area (Å²) in [5, 5.41) is 7.53. The molecule has 0 aliphatic heterocycles. The molecular formula is C17H20N6. The highest BCUT2D eigenvalue weighted by Gasteiger charge is 2.10. The minimum Gasteiger partial charge on any atom is -0.393 e. The first-order chi connectivity index (χ1) is 11.0. The third kappa shape index (κ3) is 3.15. The summed E-state index contributed by atoms with van der Waals surface area (Å²) in [4.78, 5) is 13.0. The van der Waals surface area contributed by atoms with E-state index < -0.39 is 0 Å². The number of nitrogens with one attached hydrogen (secondary N) is 2. The molecule has 118 valence electrons. The molecule has 0 saturated heterocycles. The Kier molecular flexibility index (Phi) is 3.97. The van der Waals surface area contributed by atoms with Gasteiger partial charge in [-0.25, -0.2) is 9.97 Å². The summed E-state index contributed by atoms with van der Waals surface area (Å²) < 4.78 is 0. The Morgan fingerprint density at radius 3 is 2.61 bits per heavy atom. The van der Waals surface area contributed by atoms with Crippen molar-refractivity contribution in [3.8, 4) is 0 Å². The molecule has 0 atom stereocenters. The normalized spacial score (nSPS) is 11.0. The van der Waals surface area contributed by atoms with Gasteiger partial charge in [-0.2, -0.15) is 0 Å². The van der Waals surface area contributed by atoms with Crippen LogP contribution >= 0.6 is 0 Å². The molecule has 4 N–H and O–H groups in total. The van der Waals surface area contributed by atoms with Gasteiger partial charge in [0, 0.05) is 22.8 Å². The maximum atomic E-state index is 6.18. The Morgan fingerprint density at radius 1 is 1.04 bits per heavy atom. The standard InChI is InChI=1S/C17H20N6/c1-10(2)21-16-15(18)17(20-9-19-16)23-14-6-4-5-13-12(14)8-7-11(3)22-13/h4-10H,18H2,1-3H3,(H2,19,20,21,23). The predicted octanol–water partition coefficient (Wildman–Crippen LogP) is 3.48. The van der Waals surface area contributed by atoms with E-state index in [0.29, 0.717) is 17.3 Å². The number of nitrogen functional groups attached to an aromatic ring is 1. The van der Waals surface area contributed by atoms with E-state index in [2.05, 4.69) is 25.6 Å². The van der Waals surface area contributed by atoms with Crippen LogP contribution in [-0.4, -0.2) is 21.0 Å². The predicted molar refractivity (Wildman–Crippen MR) is 95.0 cm³/mol. The summed E-state index contributed by atoms with van der Waals surface area (Å²) in [6.07, 6.45) is 1.50.